The van der Waals surface area contributed by atoms with Gasteiger partial charge in [0.2, 0.25) is 0 Å². The normalized spacial score (nSPS) is 12.7. The third-order valence-electron chi connectivity index (χ3n) is 3.40. The number of pyridine rings is 1. The Morgan fingerprint density at radius 1 is 1.09 bits per heavy atom. The molecule has 23 heavy (non-hydrogen) atoms. The molecule has 0 N–H and O–H groups in total. The van der Waals surface area contributed by atoms with E-state index in [1.807, 2.05) is 0 Å². The lowest BCUT2D eigenvalue weighted by atomic mass is 10.1. The SMILES string of the molecule is CCS(=O)Cn1ncc2ncc(-c3cc(F)c(F)c(F)c3)cc21. The number of benzene rings is 1. The van der Waals surface area contributed by atoms with Crippen LogP contribution in [-0.4, -0.2) is 24.7 Å². The molecule has 4 nitrogen and oxygen atoms in total. The molecule has 3 rings (SSSR count). The third kappa shape index (κ3) is 2.98. The van der Waals surface area contributed by atoms with Crippen LogP contribution in [0.2, 0.25) is 0 Å². The van der Waals surface area contributed by atoms with Crippen LogP contribution < -0.4 is 0 Å². The van der Waals surface area contributed by atoms with Gasteiger partial charge in [-0.25, -0.2) is 13.2 Å². The highest BCUT2D eigenvalue weighted by Gasteiger charge is 2.13. The Labute approximate surface area is 132 Å². The van der Waals surface area contributed by atoms with Gasteiger partial charge in [0.05, 0.1) is 11.7 Å². The van der Waals surface area contributed by atoms with Crippen molar-refractivity contribution in [3.63, 3.8) is 0 Å². The fourth-order valence-corrected chi connectivity index (χ4v) is 2.83. The summed E-state index contributed by atoms with van der Waals surface area (Å²) in [6.45, 7) is 1.80. The third-order valence-corrected chi connectivity index (χ3v) is 4.58. The van der Waals surface area contributed by atoms with E-state index >= 15 is 0 Å². The van der Waals surface area contributed by atoms with E-state index in [1.165, 1.54) is 17.1 Å². The van der Waals surface area contributed by atoms with E-state index < -0.39 is 28.3 Å². The lowest BCUT2D eigenvalue weighted by Crippen LogP contribution is -2.07. The van der Waals surface area contributed by atoms with Crippen LogP contribution in [0.25, 0.3) is 22.2 Å². The van der Waals surface area contributed by atoms with Gasteiger partial charge in [0.1, 0.15) is 11.4 Å². The molecule has 0 saturated carbocycles. The molecule has 0 aliphatic carbocycles. The van der Waals surface area contributed by atoms with E-state index in [1.54, 1.807) is 13.0 Å². The van der Waals surface area contributed by atoms with Crippen molar-refractivity contribution in [1.29, 1.82) is 0 Å². The Kier molecular flexibility index (Phi) is 4.16. The quantitative estimate of drug-likeness (QED) is 0.686. The smallest absolute Gasteiger partial charge is 0.194 e. The predicted molar refractivity (Wildman–Crippen MR) is 81.5 cm³/mol. The highest BCUT2D eigenvalue weighted by Crippen LogP contribution is 2.26. The monoisotopic (exact) mass is 339 g/mol. The van der Waals surface area contributed by atoms with E-state index in [4.69, 9.17) is 0 Å². The minimum atomic E-state index is -1.51. The van der Waals surface area contributed by atoms with Crippen LogP contribution in [0, 0.1) is 17.5 Å². The van der Waals surface area contributed by atoms with Crippen molar-refractivity contribution in [1.82, 2.24) is 14.8 Å². The van der Waals surface area contributed by atoms with Crippen molar-refractivity contribution in [3.8, 4) is 11.1 Å². The highest BCUT2D eigenvalue weighted by molar-refractivity contribution is 7.83. The average Bonchev–Trinajstić information content (AvgIpc) is 2.94. The summed E-state index contributed by atoms with van der Waals surface area (Å²) in [6.07, 6.45) is 2.95. The Balaban J connectivity index is 2.09. The zero-order valence-corrected chi connectivity index (χ0v) is 12.9. The summed E-state index contributed by atoms with van der Waals surface area (Å²) in [5.41, 5.74) is 1.75. The van der Waals surface area contributed by atoms with Gasteiger partial charge in [-0.15, -0.1) is 0 Å². The number of halogens is 3. The number of hydrogen-bond acceptors (Lipinski definition) is 3. The van der Waals surface area contributed by atoms with Crippen LogP contribution in [-0.2, 0) is 16.7 Å². The molecule has 0 fully saturated rings. The summed E-state index contributed by atoms with van der Waals surface area (Å²) in [7, 11) is -1.07. The second-order valence-corrected chi connectivity index (χ2v) is 6.60. The molecule has 2 aromatic heterocycles. The molecule has 0 aliphatic rings. The van der Waals surface area contributed by atoms with E-state index in [0.717, 1.165) is 12.1 Å². The van der Waals surface area contributed by atoms with Crippen LogP contribution in [0.1, 0.15) is 6.92 Å². The van der Waals surface area contributed by atoms with Gasteiger partial charge in [-0.05, 0) is 23.8 Å². The maximum Gasteiger partial charge on any atom is 0.194 e. The number of nitrogens with zero attached hydrogens (tertiary/aromatic N) is 3. The molecule has 8 heteroatoms. The van der Waals surface area contributed by atoms with Gasteiger partial charge in [-0.1, -0.05) is 6.92 Å². The minimum Gasteiger partial charge on any atom is -0.258 e. The summed E-state index contributed by atoms with van der Waals surface area (Å²) < 4.78 is 53.1. The van der Waals surface area contributed by atoms with Crippen molar-refractivity contribution < 1.29 is 17.4 Å². The van der Waals surface area contributed by atoms with Gasteiger partial charge < -0.3 is 0 Å². The molecule has 0 amide bonds. The summed E-state index contributed by atoms with van der Waals surface area (Å²) in [4.78, 5) is 4.17. The van der Waals surface area contributed by atoms with Crippen LogP contribution in [0.4, 0.5) is 13.2 Å². The van der Waals surface area contributed by atoms with Crippen molar-refractivity contribution in [2.75, 3.05) is 5.75 Å². The number of hydrogen-bond donors (Lipinski definition) is 0. The Morgan fingerprint density at radius 2 is 1.78 bits per heavy atom. The summed E-state index contributed by atoms with van der Waals surface area (Å²) >= 11 is 0. The number of aromatic nitrogens is 3. The molecule has 1 atom stereocenters. The standard InChI is InChI=1S/C15H12F3N3OS/c1-2-23(22)8-21-14-5-10(6-19-13(14)7-20-21)9-3-11(16)15(18)12(17)4-9/h3-7H,2,8H2,1H3. The molecule has 1 unspecified atom stereocenters. The molecule has 0 bridgehead atoms. The lowest BCUT2D eigenvalue weighted by Gasteiger charge is -2.06. The fraction of sp³-hybridized carbons (Fsp3) is 0.200. The molecule has 0 aliphatic heterocycles. The van der Waals surface area contributed by atoms with Gasteiger partial charge >= 0.3 is 0 Å². The Hall–Kier alpha value is -2.22. The highest BCUT2D eigenvalue weighted by atomic mass is 32.2. The first-order valence-electron chi connectivity index (χ1n) is 6.81. The minimum absolute atomic E-state index is 0.167. The molecule has 120 valence electrons. The average molecular weight is 339 g/mol. The second kappa shape index (κ2) is 6.11. The second-order valence-electron chi connectivity index (χ2n) is 4.88. The fourth-order valence-electron chi connectivity index (χ4n) is 2.17. The molecule has 0 saturated heterocycles. The van der Waals surface area contributed by atoms with Crippen molar-refractivity contribution in [3.05, 3.63) is 48.0 Å². The van der Waals surface area contributed by atoms with Gasteiger partial charge in [-0.3, -0.25) is 13.9 Å². The van der Waals surface area contributed by atoms with E-state index in [9.17, 15) is 17.4 Å². The van der Waals surface area contributed by atoms with Gasteiger partial charge in [0, 0.05) is 28.3 Å². The predicted octanol–water partition coefficient (Wildman–Crippen LogP) is 3.24. The summed E-state index contributed by atoms with van der Waals surface area (Å²) in [5, 5.41) is 4.12. The molecule has 2 heterocycles. The Bertz CT molecular complexity index is 887. The maximum absolute atomic E-state index is 13.4. The van der Waals surface area contributed by atoms with Crippen LogP contribution >= 0.6 is 0 Å². The van der Waals surface area contributed by atoms with Crippen molar-refractivity contribution in [2.45, 2.75) is 12.8 Å². The van der Waals surface area contributed by atoms with Gasteiger partial charge in [-0.2, -0.15) is 5.10 Å². The van der Waals surface area contributed by atoms with Crippen molar-refractivity contribution in [2.24, 2.45) is 0 Å². The molecule has 1 aromatic carbocycles. The first-order chi connectivity index (χ1) is 11.0. The van der Waals surface area contributed by atoms with E-state index in [2.05, 4.69) is 10.1 Å². The zero-order chi connectivity index (χ0) is 16.6. The number of fused-ring (bicyclic) bond motifs is 1. The Morgan fingerprint density at radius 3 is 2.43 bits per heavy atom. The topological polar surface area (TPSA) is 47.8 Å². The largest absolute Gasteiger partial charge is 0.258 e. The summed E-state index contributed by atoms with van der Waals surface area (Å²) in [6, 6.07) is 3.45. The van der Waals surface area contributed by atoms with Gasteiger partial charge in [0.25, 0.3) is 0 Å². The van der Waals surface area contributed by atoms with Crippen LogP contribution in [0.5, 0.6) is 0 Å². The van der Waals surface area contributed by atoms with E-state index in [-0.39, 0.29) is 11.4 Å². The van der Waals surface area contributed by atoms with E-state index in [0.29, 0.717) is 22.3 Å². The lowest BCUT2D eigenvalue weighted by molar-refractivity contribution is 0.447. The van der Waals surface area contributed by atoms with Gasteiger partial charge in [0.15, 0.2) is 17.5 Å². The molecule has 3 aromatic rings. The molecule has 0 spiro atoms. The van der Waals surface area contributed by atoms with Crippen LogP contribution in [0.15, 0.2) is 30.6 Å². The first kappa shape index (κ1) is 15.7. The number of rotatable bonds is 4. The molecule has 0 radical (unpaired) electrons. The molecular weight excluding hydrogens is 327 g/mol. The first-order valence-corrected chi connectivity index (χ1v) is 8.30. The van der Waals surface area contributed by atoms with Crippen molar-refractivity contribution >= 4 is 21.8 Å². The van der Waals surface area contributed by atoms with Crippen LogP contribution in [0.3, 0.4) is 0 Å². The zero-order valence-electron chi connectivity index (χ0n) is 12.1. The molecular formula is C15H12F3N3OS. The maximum atomic E-state index is 13.4. The summed E-state index contributed by atoms with van der Waals surface area (Å²) in [5.74, 6) is -3.34.